The van der Waals surface area contributed by atoms with Crippen LogP contribution in [-0.2, 0) is 11.3 Å². The summed E-state index contributed by atoms with van der Waals surface area (Å²) in [6, 6.07) is 16.0. The average Bonchev–Trinajstić information content (AvgIpc) is 3.38. The van der Waals surface area contributed by atoms with Crippen LogP contribution in [0.15, 0.2) is 71.4 Å². The fourth-order valence-electron chi connectivity index (χ4n) is 3.05. The first-order chi connectivity index (χ1) is 15.3. The number of anilines is 1. The highest BCUT2D eigenvalue weighted by Crippen LogP contribution is 2.27. The summed E-state index contributed by atoms with van der Waals surface area (Å²) < 4.78 is 47.7. The fourth-order valence-corrected chi connectivity index (χ4v) is 3.05. The molecule has 164 valence electrons. The van der Waals surface area contributed by atoms with Crippen LogP contribution >= 0.6 is 0 Å². The first-order valence-electron chi connectivity index (χ1n) is 9.49. The van der Waals surface area contributed by atoms with Gasteiger partial charge in [0.1, 0.15) is 18.0 Å². The van der Waals surface area contributed by atoms with Gasteiger partial charge in [-0.2, -0.15) is 4.98 Å². The van der Waals surface area contributed by atoms with Gasteiger partial charge in [-0.25, -0.2) is 0 Å². The molecule has 4 rings (SSSR count). The van der Waals surface area contributed by atoms with E-state index in [2.05, 4.69) is 20.2 Å². The molecule has 32 heavy (non-hydrogen) atoms. The maximum absolute atomic E-state index is 12.5. The molecule has 2 aromatic carbocycles. The number of alkyl halides is 3. The van der Waals surface area contributed by atoms with Crippen molar-refractivity contribution in [1.29, 1.82) is 0 Å². The van der Waals surface area contributed by atoms with Gasteiger partial charge in [-0.15, -0.1) is 13.2 Å². The normalized spacial score (nSPS) is 11.4. The summed E-state index contributed by atoms with van der Waals surface area (Å²) in [5.74, 6) is -0.213. The van der Waals surface area contributed by atoms with Crippen molar-refractivity contribution in [3.63, 3.8) is 0 Å². The van der Waals surface area contributed by atoms with Gasteiger partial charge in [-0.3, -0.25) is 4.79 Å². The number of ether oxygens (including phenoxy) is 1. The van der Waals surface area contributed by atoms with E-state index >= 15 is 0 Å². The van der Waals surface area contributed by atoms with Crippen LogP contribution in [-0.4, -0.2) is 27.0 Å². The molecule has 0 aliphatic carbocycles. The van der Waals surface area contributed by atoms with Crippen LogP contribution in [0.2, 0.25) is 0 Å². The molecule has 0 aliphatic rings. The quantitative estimate of drug-likeness (QED) is 0.452. The first kappa shape index (κ1) is 21.2. The van der Waals surface area contributed by atoms with Gasteiger partial charge in [0.15, 0.2) is 0 Å². The van der Waals surface area contributed by atoms with E-state index < -0.39 is 6.36 Å². The fraction of sp³-hybridized carbons (Fsp3) is 0.136. The van der Waals surface area contributed by atoms with Gasteiger partial charge in [0.2, 0.25) is 11.7 Å². The number of nitrogens with zero attached hydrogens (tertiary/aromatic N) is 3. The number of hydrogen-bond acceptors (Lipinski definition) is 5. The topological polar surface area (TPSA) is 82.2 Å². The third-order valence-corrected chi connectivity index (χ3v) is 4.55. The van der Waals surface area contributed by atoms with Crippen molar-refractivity contribution in [1.82, 2.24) is 14.7 Å². The molecule has 0 fully saturated rings. The van der Waals surface area contributed by atoms with E-state index in [1.165, 1.54) is 12.1 Å². The van der Waals surface area contributed by atoms with Crippen molar-refractivity contribution in [2.24, 2.45) is 0 Å². The highest BCUT2D eigenvalue weighted by atomic mass is 19.4. The molecule has 1 N–H and O–H groups in total. The maximum Gasteiger partial charge on any atom is 0.573 e. The SMILES string of the molecule is Cc1ccccc1NC(=O)Cn1cccc1-c1nc(-c2ccc(OC(F)(F)F)cc2)no1. The molecule has 0 unspecified atom stereocenters. The van der Waals surface area contributed by atoms with E-state index in [9.17, 15) is 18.0 Å². The van der Waals surface area contributed by atoms with Gasteiger partial charge >= 0.3 is 6.36 Å². The summed E-state index contributed by atoms with van der Waals surface area (Å²) in [6.07, 6.45) is -3.06. The molecule has 7 nitrogen and oxygen atoms in total. The van der Waals surface area contributed by atoms with Crippen molar-refractivity contribution in [2.45, 2.75) is 19.8 Å². The number of rotatable bonds is 6. The second-order valence-electron chi connectivity index (χ2n) is 6.88. The molecule has 1 amide bonds. The summed E-state index contributed by atoms with van der Waals surface area (Å²) in [4.78, 5) is 16.8. The number of aromatic nitrogens is 3. The molecule has 0 saturated heterocycles. The van der Waals surface area contributed by atoms with E-state index in [0.29, 0.717) is 11.3 Å². The van der Waals surface area contributed by atoms with Gasteiger partial charge < -0.3 is 19.1 Å². The van der Waals surface area contributed by atoms with E-state index in [1.807, 2.05) is 31.2 Å². The number of nitrogens with one attached hydrogen (secondary N) is 1. The molecular weight excluding hydrogens is 425 g/mol. The van der Waals surface area contributed by atoms with Gasteiger partial charge in [-0.1, -0.05) is 23.4 Å². The van der Waals surface area contributed by atoms with Crippen LogP contribution in [0.25, 0.3) is 23.0 Å². The summed E-state index contributed by atoms with van der Waals surface area (Å²) in [5.41, 5.74) is 2.65. The smallest absolute Gasteiger partial charge is 0.406 e. The van der Waals surface area contributed by atoms with E-state index in [4.69, 9.17) is 4.52 Å². The number of halogens is 3. The molecule has 10 heteroatoms. The van der Waals surface area contributed by atoms with E-state index in [-0.39, 0.29) is 29.9 Å². The van der Waals surface area contributed by atoms with Crippen LogP contribution in [0.4, 0.5) is 18.9 Å². The predicted molar refractivity (Wildman–Crippen MR) is 110 cm³/mol. The molecule has 0 saturated carbocycles. The van der Waals surface area contributed by atoms with E-state index in [1.54, 1.807) is 22.9 Å². The number of benzene rings is 2. The Morgan fingerprint density at radius 2 is 1.84 bits per heavy atom. The number of amides is 1. The Kier molecular flexibility index (Phi) is 5.67. The third-order valence-electron chi connectivity index (χ3n) is 4.55. The predicted octanol–water partition coefficient (Wildman–Crippen LogP) is 5.05. The lowest BCUT2D eigenvalue weighted by Crippen LogP contribution is -2.19. The minimum atomic E-state index is -4.77. The van der Waals surface area contributed by atoms with Crippen molar-refractivity contribution < 1.29 is 27.2 Å². The van der Waals surface area contributed by atoms with Crippen molar-refractivity contribution >= 4 is 11.6 Å². The monoisotopic (exact) mass is 442 g/mol. The van der Waals surface area contributed by atoms with Crippen molar-refractivity contribution in [3.05, 3.63) is 72.4 Å². The molecule has 2 heterocycles. The third kappa shape index (κ3) is 4.97. The molecule has 4 aromatic rings. The lowest BCUT2D eigenvalue weighted by atomic mass is 10.2. The molecular formula is C22H17F3N4O3. The second-order valence-corrected chi connectivity index (χ2v) is 6.88. The number of aryl methyl sites for hydroxylation is 1. The summed E-state index contributed by atoms with van der Waals surface area (Å²) >= 11 is 0. The van der Waals surface area contributed by atoms with Gasteiger partial charge in [-0.05, 0) is 55.0 Å². The Hall–Kier alpha value is -4.08. The lowest BCUT2D eigenvalue weighted by Gasteiger charge is -2.10. The first-order valence-corrected chi connectivity index (χ1v) is 9.49. The Morgan fingerprint density at radius 1 is 1.09 bits per heavy atom. The molecule has 0 spiro atoms. The summed E-state index contributed by atoms with van der Waals surface area (Å²) in [6.45, 7) is 1.93. The Labute approximate surface area is 180 Å². The second kappa shape index (κ2) is 8.58. The Bertz CT molecular complexity index is 1230. The molecule has 0 radical (unpaired) electrons. The van der Waals surface area contributed by atoms with Gasteiger partial charge in [0, 0.05) is 17.4 Å². The van der Waals surface area contributed by atoms with Crippen molar-refractivity contribution in [3.8, 4) is 28.7 Å². The summed E-state index contributed by atoms with van der Waals surface area (Å²) in [5, 5.41) is 6.74. The summed E-state index contributed by atoms with van der Waals surface area (Å²) in [7, 11) is 0. The highest BCUT2D eigenvalue weighted by Gasteiger charge is 2.31. The minimum absolute atomic E-state index is 0.0257. The zero-order valence-corrected chi connectivity index (χ0v) is 16.8. The zero-order valence-electron chi connectivity index (χ0n) is 16.8. The molecule has 0 atom stereocenters. The van der Waals surface area contributed by atoms with Gasteiger partial charge in [0.25, 0.3) is 5.89 Å². The molecule has 0 aliphatic heterocycles. The van der Waals surface area contributed by atoms with Gasteiger partial charge in [0.05, 0.1) is 0 Å². The van der Waals surface area contributed by atoms with Crippen LogP contribution in [0.3, 0.4) is 0 Å². The van der Waals surface area contributed by atoms with Crippen molar-refractivity contribution in [2.75, 3.05) is 5.32 Å². The Balaban J connectivity index is 1.48. The lowest BCUT2D eigenvalue weighted by molar-refractivity contribution is -0.274. The van der Waals surface area contributed by atoms with Crippen LogP contribution < -0.4 is 10.1 Å². The molecule has 2 aromatic heterocycles. The number of carbonyl (C=O) groups is 1. The van der Waals surface area contributed by atoms with Crippen LogP contribution in [0, 0.1) is 6.92 Å². The Morgan fingerprint density at radius 3 is 2.56 bits per heavy atom. The minimum Gasteiger partial charge on any atom is -0.406 e. The number of carbonyl (C=O) groups excluding carboxylic acids is 1. The number of hydrogen-bond donors (Lipinski definition) is 1. The number of para-hydroxylation sites is 1. The van der Waals surface area contributed by atoms with Crippen LogP contribution in [0.1, 0.15) is 5.56 Å². The highest BCUT2D eigenvalue weighted by molar-refractivity contribution is 5.91. The largest absolute Gasteiger partial charge is 0.573 e. The average molecular weight is 442 g/mol. The van der Waals surface area contributed by atoms with Crippen LogP contribution in [0.5, 0.6) is 5.75 Å². The maximum atomic E-state index is 12.5. The zero-order chi connectivity index (χ0) is 22.7. The standard InChI is InChI=1S/C22H17F3N4O3/c1-14-5-2-3-6-17(14)26-19(30)13-29-12-4-7-18(29)21-27-20(28-32-21)15-8-10-16(11-9-15)31-22(23,24)25/h2-12H,13H2,1H3,(H,26,30). The molecule has 0 bridgehead atoms. The van der Waals surface area contributed by atoms with E-state index in [0.717, 1.165) is 23.4 Å².